The van der Waals surface area contributed by atoms with E-state index in [0.29, 0.717) is 4.47 Å². The molecule has 0 radical (unpaired) electrons. The number of fused-ring (bicyclic) bond motifs is 1. The van der Waals surface area contributed by atoms with Gasteiger partial charge in [0.15, 0.2) is 0 Å². The molecule has 0 fully saturated rings. The van der Waals surface area contributed by atoms with Crippen LogP contribution in [0.1, 0.15) is 11.4 Å². The fraction of sp³-hybridized carbons (Fsp3) is 0.133. The molecule has 21 heavy (non-hydrogen) atoms. The topological polar surface area (TPSA) is 17.8 Å². The lowest BCUT2D eigenvalue weighted by Gasteiger charge is -2.12. The summed E-state index contributed by atoms with van der Waals surface area (Å²) >= 11 is 12.7. The molecule has 0 amide bonds. The summed E-state index contributed by atoms with van der Waals surface area (Å²) in [5.41, 5.74) is 3.47. The van der Waals surface area contributed by atoms with Crippen LogP contribution in [0, 0.1) is 12.7 Å². The van der Waals surface area contributed by atoms with Gasteiger partial charge < -0.3 is 0 Å². The second kappa shape index (κ2) is 5.71. The number of benzene rings is 2. The molecule has 0 N–H and O–H groups in total. The lowest BCUT2D eigenvalue weighted by atomic mass is 10.2. The van der Waals surface area contributed by atoms with Gasteiger partial charge in [-0.1, -0.05) is 15.9 Å². The predicted molar refractivity (Wildman–Crippen MR) is 90.7 cm³/mol. The van der Waals surface area contributed by atoms with E-state index in [-0.39, 0.29) is 11.7 Å². The third-order valence-corrected chi connectivity index (χ3v) is 4.63. The number of halogens is 4. The van der Waals surface area contributed by atoms with E-state index >= 15 is 0 Å². The molecule has 1 heterocycles. The first-order valence-corrected chi connectivity index (χ1v) is 8.32. The van der Waals surface area contributed by atoms with Gasteiger partial charge in [0.2, 0.25) is 0 Å². The summed E-state index contributed by atoms with van der Waals surface area (Å²) in [7, 11) is 0. The zero-order valence-electron chi connectivity index (χ0n) is 11.0. The van der Waals surface area contributed by atoms with Crippen molar-refractivity contribution in [3.05, 3.63) is 56.5 Å². The quantitative estimate of drug-likeness (QED) is 0.473. The molecule has 3 rings (SSSR count). The van der Waals surface area contributed by atoms with Crippen molar-refractivity contribution in [2.24, 2.45) is 0 Å². The van der Waals surface area contributed by atoms with Crippen LogP contribution >= 0.6 is 43.5 Å². The molecule has 0 aliphatic heterocycles. The standard InChI is InChI=1S/C15H10Br2ClFN2/c1-8-4-11(19)10(17)6-13(8)21-14-5-9(16)2-3-12(14)20-15(21)7-18/h2-6H,7H2,1H3. The van der Waals surface area contributed by atoms with Gasteiger partial charge in [0, 0.05) is 4.47 Å². The van der Waals surface area contributed by atoms with Crippen molar-refractivity contribution in [2.45, 2.75) is 12.8 Å². The van der Waals surface area contributed by atoms with E-state index in [4.69, 9.17) is 11.6 Å². The summed E-state index contributed by atoms with van der Waals surface area (Å²) < 4.78 is 17.0. The van der Waals surface area contributed by atoms with Crippen molar-refractivity contribution in [3.8, 4) is 5.69 Å². The molecule has 0 aliphatic carbocycles. The molecule has 0 saturated heterocycles. The normalized spacial score (nSPS) is 11.3. The summed E-state index contributed by atoms with van der Waals surface area (Å²) in [6.07, 6.45) is 0. The lowest BCUT2D eigenvalue weighted by molar-refractivity contribution is 0.619. The van der Waals surface area contributed by atoms with Crippen LogP contribution in [0.4, 0.5) is 4.39 Å². The summed E-state index contributed by atoms with van der Waals surface area (Å²) in [6, 6.07) is 9.10. The summed E-state index contributed by atoms with van der Waals surface area (Å²) in [4.78, 5) is 4.54. The summed E-state index contributed by atoms with van der Waals surface area (Å²) in [6.45, 7) is 1.87. The van der Waals surface area contributed by atoms with E-state index in [1.54, 1.807) is 6.07 Å². The Morgan fingerprint density at radius 3 is 2.71 bits per heavy atom. The molecule has 0 aliphatic rings. The molecule has 2 nitrogen and oxygen atoms in total. The predicted octanol–water partition coefficient (Wildman–Crippen LogP) is 5.74. The molecule has 6 heteroatoms. The lowest BCUT2D eigenvalue weighted by Crippen LogP contribution is -2.02. The molecule has 0 atom stereocenters. The maximum Gasteiger partial charge on any atom is 0.137 e. The van der Waals surface area contributed by atoms with Crippen LogP contribution in [0.5, 0.6) is 0 Å². The number of hydrogen-bond acceptors (Lipinski definition) is 1. The average Bonchev–Trinajstić information content (AvgIpc) is 2.80. The number of rotatable bonds is 2. The highest BCUT2D eigenvalue weighted by molar-refractivity contribution is 9.10. The summed E-state index contributed by atoms with van der Waals surface area (Å²) in [5.74, 6) is 0.724. The van der Waals surface area contributed by atoms with Crippen molar-refractivity contribution >= 4 is 54.5 Å². The highest BCUT2D eigenvalue weighted by atomic mass is 79.9. The molecule has 0 spiro atoms. The fourth-order valence-electron chi connectivity index (χ4n) is 2.33. The van der Waals surface area contributed by atoms with E-state index in [1.807, 2.05) is 29.7 Å². The van der Waals surface area contributed by atoms with E-state index in [2.05, 4.69) is 36.8 Å². The summed E-state index contributed by atoms with van der Waals surface area (Å²) in [5, 5.41) is 0. The molecule has 1 aromatic heterocycles. The monoisotopic (exact) mass is 430 g/mol. The Labute approximate surface area is 143 Å². The van der Waals surface area contributed by atoms with Crippen LogP contribution in [0.15, 0.2) is 39.3 Å². The van der Waals surface area contributed by atoms with Crippen molar-refractivity contribution in [3.63, 3.8) is 0 Å². The van der Waals surface area contributed by atoms with E-state index in [0.717, 1.165) is 32.6 Å². The number of hydrogen-bond donors (Lipinski definition) is 0. The minimum absolute atomic E-state index is 0.279. The Morgan fingerprint density at radius 1 is 1.24 bits per heavy atom. The molecule has 2 aromatic carbocycles. The van der Waals surface area contributed by atoms with Crippen LogP contribution < -0.4 is 0 Å². The Bertz CT molecular complexity index is 845. The van der Waals surface area contributed by atoms with Crippen LogP contribution in [0.3, 0.4) is 0 Å². The third kappa shape index (κ3) is 2.62. The second-order valence-electron chi connectivity index (χ2n) is 4.68. The van der Waals surface area contributed by atoms with Crippen LogP contribution in [-0.4, -0.2) is 9.55 Å². The second-order valence-corrected chi connectivity index (χ2v) is 6.72. The maximum absolute atomic E-state index is 13.7. The molecule has 0 bridgehead atoms. The first-order valence-electron chi connectivity index (χ1n) is 6.20. The van der Waals surface area contributed by atoms with Gasteiger partial charge in [-0.05, 0) is 58.7 Å². The molecule has 3 aromatic rings. The zero-order valence-corrected chi connectivity index (χ0v) is 14.9. The van der Waals surface area contributed by atoms with Gasteiger partial charge in [-0.3, -0.25) is 4.57 Å². The third-order valence-electron chi connectivity index (χ3n) is 3.29. The van der Waals surface area contributed by atoms with Crippen molar-refractivity contribution in [2.75, 3.05) is 0 Å². The van der Waals surface area contributed by atoms with Crippen LogP contribution in [-0.2, 0) is 5.88 Å². The van der Waals surface area contributed by atoms with E-state index < -0.39 is 0 Å². The molecule has 0 saturated carbocycles. The van der Waals surface area contributed by atoms with Crippen molar-refractivity contribution < 1.29 is 4.39 Å². The van der Waals surface area contributed by atoms with Crippen molar-refractivity contribution in [1.82, 2.24) is 9.55 Å². The average molecular weight is 433 g/mol. The number of alkyl halides is 1. The highest BCUT2D eigenvalue weighted by Gasteiger charge is 2.15. The van der Waals surface area contributed by atoms with E-state index in [9.17, 15) is 4.39 Å². The number of aryl methyl sites for hydroxylation is 1. The first kappa shape index (κ1) is 15.0. The number of aromatic nitrogens is 2. The van der Waals surface area contributed by atoms with Crippen molar-refractivity contribution in [1.29, 1.82) is 0 Å². The van der Waals surface area contributed by atoms with Gasteiger partial charge in [0.25, 0.3) is 0 Å². The van der Waals surface area contributed by atoms with Gasteiger partial charge >= 0.3 is 0 Å². The van der Waals surface area contributed by atoms with Gasteiger partial charge in [0.05, 0.1) is 27.1 Å². The Balaban J connectivity index is 2.38. The molecular formula is C15H10Br2ClFN2. The van der Waals surface area contributed by atoms with Gasteiger partial charge in [-0.2, -0.15) is 0 Å². The smallest absolute Gasteiger partial charge is 0.137 e. The van der Waals surface area contributed by atoms with E-state index in [1.165, 1.54) is 6.07 Å². The van der Waals surface area contributed by atoms with Gasteiger partial charge in [-0.25, -0.2) is 9.37 Å². The zero-order chi connectivity index (χ0) is 15.1. The molecule has 108 valence electrons. The number of nitrogens with zero attached hydrogens (tertiary/aromatic N) is 2. The Morgan fingerprint density at radius 2 is 2.00 bits per heavy atom. The van der Waals surface area contributed by atoms with Crippen LogP contribution in [0.2, 0.25) is 0 Å². The largest absolute Gasteiger partial charge is 0.295 e. The minimum Gasteiger partial charge on any atom is -0.295 e. The molecule has 0 unspecified atom stereocenters. The highest BCUT2D eigenvalue weighted by Crippen LogP contribution is 2.30. The Hall–Kier alpha value is -0.910. The fourth-order valence-corrected chi connectivity index (χ4v) is 3.19. The first-order chi connectivity index (χ1) is 10.0. The Kier molecular flexibility index (Phi) is 4.08. The maximum atomic E-state index is 13.7. The van der Waals surface area contributed by atoms with Crippen LogP contribution in [0.25, 0.3) is 16.7 Å². The molecular weight excluding hydrogens is 422 g/mol. The van der Waals surface area contributed by atoms with Gasteiger partial charge in [0.1, 0.15) is 11.6 Å². The SMILES string of the molecule is Cc1cc(F)c(Br)cc1-n1c(CCl)nc2ccc(Br)cc21. The minimum atomic E-state index is -0.283. The van der Waals surface area contributed by atoms with Gasteiger partial charge in [-0.15, -0.1) is 11.6 Å². The number of imidazole rings is 1.